The molecule has 0 aromatic heterocycles. The van der Waals surface area contributed by atoms with Gasteiger partial charge in [0.15, 0.2) is 6.29 Å². The van der Waals surface area contributed by atoms with Gasteiger partial charge < -0.3 is 43.4 Å². The maximum Gasteiger partial charge on any atom is 2.00 e. The fourth-order valence-electron chi connectivity index (χ4n) is 0.0962. The predicted octanol–water partition coefficient (Wildman–Crippen LogP) is -5.37. The van der Waals surface area contributed by atoms with Gasteiger partial charge in [0.2, 0.25) is 0 Å². The molecule has 0 aromatic rings. The smallest absolute Gasteiger partial charge is 1.00 e. The zero-order valence-corrected chi connectivity index (χ0v) is 10.2. The van der Waals surface area contributed by atoms with Gasteiger partial charge in [-0.2, -0.15) is 0 Å². The van der Waals surface area contributed by atoms with E-state index in [0.29, 0.717) is 0 Å². The second-order valence-corrected chi connectivity index (χ2v) is 1.04. The minimum Gasteiger partial charge on any atom is -1.00 e. The normalized spacial score (nSPS) is 6.67. The summed E-state index contributed by atoms with van der Waals surface area (Å²) in [5, 5.41) is 0. The summed E-state index contributed by atoms with van der Waals surface area (Å²) in [5.74, 6) is 0. The van der Waals surface area contributed by atoms with Crippen molar-refractivity contribution in [3.8, 4) is 0 Å². The van der Waals surface area contributed by atoms with Gasteiger partial charge in [0.25, 0.3) is 0 Å². The van der Waals surface area contributed by atoms with Gasteiger partial charge in [-0.15, -0.1) is 0 Å². The molecule has 0 atom stereocenters. The van der Waals surface area contributed by atoms with Crippen LogP contribution in [0.25, 0.3) is 0 Å². The van der Waals surface area contributed by atoms with Gasteiger partial charge in [-0.05, 0) is 6.92 Å². The molecule has 0 aliphatic rings. The first-order valence-electron chi connectivity index (χ1n) is 1.87. The third kappa shape index (κ3) is 17.7. The van der Waals surface area contributed by atoms with E-state index in [2.05, 4.69) is 9.47 Å². The summed E-state index contributed by atoms with van der Waals surface area (Å²) in [6, 6.07) is 0. The molecular formula is C4H10Br2O2Pd. The Morgan fingerprint density at radius 2 is 1.22 bits per heavy atom. The van der Waals surface area contributed by atoms with E-state index < -0.39 is 0 Å². The van der Waals surface area contributed by atoms with E-state index in [1.54, 1.807) is 14.2 Å². The van der Waals surface area contributed by atoms with Crippen molar-refractivity contribution in [2.75, 3.05) is 14.2 Å². The van der Waals surface area contributed by atoms with Crippen molar-refractivity contribution in [1.82, 2.24) is 0 Å². The van der Waals surface area contributed by atoms with Crippen LogP contribution in [0.2, 0.25) is 0 Å². The van der Waals surface area contributed by atoms with Crippen molar-refractivity contribution in [3.63, 3.8) is 0 Å². The first-order valence-corrected chi connectivity index (χ1v) is 1.87. The summed E-state index contributed by atoms with van der Waals surface area (Å²) in [6.07, 6.45) is -0.0648. The zero-order chi connectivity index (χ0) is 4.99. The number of ether oxygens (including phenoxy) is 2. The van der Waals surface area contributed by atoms with Crippen LogP contribution in [0.1, 0.15) is 6.92 Å². The Kier molecular flexibility index (Phi) is 40.5. The summed E-state index contributed by atoms with van der Waals surface area (Å²) >= 11 is 0. The minimum atomic E-state index is -0.0648. The van der Waals surface area contributed by atoms with Gasteiger partial charge in [-0.25, -0.2) is 0 Å². The summed E-state index contributed by atoms with van der Waals surface area (Å²) in [4.78, 5) is 0. The maximum atomic E-state index is 4.68. The molecule has 0 rings (SSSR count). The quantitative estimate of drug-likeness (QED) is 0.364. The van der Waals surface area contributed by atoms with Crippen molar-refractivity contribution in [3.05, 3.63) is 0 Å². The van der Waals surface area contributed by atoms with Gasteiger partial charge in [-0.3, -0.25) is 0 Å². The van der Waals surface area contributed by atoms with Crippen molar-refractivity contribution < 1.29 is 63.9 Å². The molecule has 0 saturated carbocycles. The third-order valence-corrected chi connectivity index (χ3v) is 0.664. The number of rotatable bonds is 2. The van der Waals surface area contributed by atoms with Crippen LogP contribution in [-0.4, -0.2) is 20.5 Å². The molecule has 0 radical (unpaired) electrons. The average molecular weight is 356 g/mol. The Balaban J connectivity index is -0.0000000417. The predicted molar refractivity (Wildman–Crippen MR) is 23.5 cm³/mol. The summed E-state index contributed by atoms with van der Waals surface area (Å²) in [6.45, 7) is 1.83. The number of methoxy groups -OCH3 is 2. The molecule has 0 amide bonds. The van der Waals surface area contributed by atoms with Gasteiger partial charge >= 0.3 is 20.4 Å². The molecule has 0 saturated heterocycles. The van der Waals surface area contributed by atoms with E-state index >= 15 is 0 Å². The first kappa shape index (κ1) is 22.4. The molecule has 0 N–H and O–H groups in total. The van der Waals surface area contributed by atoms with Crippen LogP contribution in [0.4, 0.5) is 0 Å². The molecule has 0 aromatic carbocycles. The molecule has 0 aliphatic carbocycles. The van der Waals surface area contributed by atoms with Crippen LogP contribution in [0.5, 0.6) is 0 Å². The Morgan fingerprint density at radius 1 is 1.00 bits per heavy atom. The SMILES string of the molecule is COC(C)OC.[Br-].[Br-].[Pd+2]. The van der Waals surface area contributed by atoms with E-state index in [0.717, 1.165) is 0 Å². The largest absolute Gasteiger partial charge is 2.00 e. The van der Waals surface area contributed by atoms with Crippen LogP contribution >= 0.6 is 0 Å². The molecule has 0 heterocycles. The van der Waals surface area contributed by atoms with Crippen molar-refractivity contribution in [1.29, 1.82) is 0 Å². The third-order valence-electron chi connectivity index (χ3n) is 0.664. The molecule has 5 heteroatoms. The van der Waals surface area contributed by atoms with E-state index in [1.165, 1.54) is 0 Å². The fourth-order valence-corrected chi connectivity index (χ4v) is 0.0962. The Hall–Kier alpha value is 1.54. The summed E-state index contributed by atoms with van der Waals surface area (Å²) in [5.41, 5.74) is 0. The fraction of sp³-hybridized carbons (Fsp3) is 1.00. The van der Waals surface area contributed by atoms with E-state index in [4.69, 9.17) is 0 Å². The molecule has 62 valence electrons. The monoisotopic (exact) mass is 354 g/mol. The minimum absolute atomic E-state index is 0. The van der Waals surface area contributed by atoms with Crippen molar-refractivity contribution in [2.24, 2.45) is 0 Å². The first-order chi connectivity index (χ1) is 2.81. The van der Waals surface area contributed by atoms with E-state index in [-0.39, 0.29) is 60.7 Å². The molecule has 0 aliphatic heterocycles. The number of hydrogen-bond acceptors (Lipinski definition) is 2. The number of halogens is 2. The van der Waals surface area contributed by atoms with Crippen molar-refractivity contribution >= 4 is 0 Å². The van der Waals surface area contributed by atoms with Gasteiger partial charge in [0, 0.05) is 14.2 Å². The molecular weight excluding hydrogens is 346 g/mol. The second kappa shape index (κ2) is 16.3. The molecule has 0 unspecified atom stereocenters. The average Bonchev–Trinajstić information content (AvgIpc) is 1.65. The molecule has 9 heavy (non-hydrogen) atoms. The Bertz CT molecular complexity index is 35.7. The van der Waals surface area contributed by atoms with Crippen LogP contribution in [0.3, 0.4) is 0 Å². The van der Waals surface area contributed by atoms with Gasteiger partial charge in [0.1, 0.15) is 0 Å². The topological polar surface area (TPSA) is 18.5 Å². The van der Waals surface area contributed by atoms with Gasteiger partial charge in [-0.1, -0.05) is 0 Å². The standard InChI is InChI=1S/C4H10O2.2BrH.Pd/c1-4(5-2)6-3;;;/h4H,1-3H3;2*1H;/q;;;+2/p-2. The van der Waals surface area contributed by atoms with Crippen molar-refractivity contribution in [2.45, 2.75) is 13.2 Å². The molecule has 0 fully saturated rings. The summed E-state index contributed by atoms with van der Waals surface area (Å²) in [7, 11) is 3.21. The van der Waals surface area contributed by atoms with Crippen LogP contribution in [0, 0.1) is 0 Å². The van der Waals surface area contributed by atoms with E-state index in [9.17, 15) is 0 Å². The number of hydrogen-bond donors (Lipinski definition) is 0. The zero-order valence-electron chi connectivity index (χ0n) is 5.47. The molecule has 0 spiro atoms. The van der Waals surface area contributed by atoms with Gasteiger partial charge in [0.05, 0.1) is 0 Å². The Morgan fingerprint density at radius 3 is 1.22 bits per heavy atom. The van der Waals surface area contributed by atoms with E-state index in [1.807, 2.05) is 6.92 Å². The molecule has 0 bridgehead atoms. The maximum absolute atomic E-state index is 4.68. The summed E-state index contributed by atoms with van der Waals surface area (Å²) < 4.78 is 9.35. The second-order valence-electron chi connectivity index (χ2n) is 1.04. The molecule has 2 nitrogen and oxygen atoms in total. The van der Waals surface area contributed by atoms with Crippen LogP contribution < -0.4 is 34.0 Å². The van der Waals surface area contributed by atoms with Crippen LogP contribution in [0.15, 0.2) is 0 Å². The Labute approximate surface area is 90.9 Å². The van der Waals surface area contributed by atoms with Crippen LogP contribution in [-0.2, 0) is 29.9 Å².